The molecular formula is C10H17NO3. The number of esters is 1. The van der Waals surface area contributed by atoms with Crippen LogP contribution in [0, 0.1) is 17.3 Å². The zero-order valence-electron chi connectivity index (χ0n) is 8.82. The first-order chi connectivity index (χ1) is 6.55. The van der Waals surface area contributed by atoms with Gasteiger partial charge in [-0.2, -0.15) is 0 Å². The van der Waals surface area contributed by atoms with Crippen LogP contribution in [0.4, 0.5) is 0 Å². The van der Waals surface area contributed by atoms with Gasteiger partial charge in [-0.15, -0.1) is 0 Å². The van der Waals surface area contributed by atoms with Crippen molar-refractivity contribution in [3.05, 3.63) is 12.3 Å². The highest BCUT2D eigenvalue weighted by molar-refractivity contribution is 5.78. The topological polar surface area (TPSA) is 61.5 Å². The summed E-state index contributed by atoms with van der Waals surface area (Å²) in [7, 11) is 1.41. The molecular weight excluding hydrogens is 182 g/mol. The Balaban J connectivity index is 2.53. The molecule has 4 heteroatoms. The van der Waals surface area contributed by atoms with E-state index < -0.39 is 0 Å². The number of hydrogen-bond acceptors (Lipinski definition) is 4. The molecule has 0 aromatic rings. The summed E-state index contributed by atoms with van der Waals surface area (Å²) in [6.45, 7) is 4.23. The molecule has 1 fully saturated rings. The Labute approximate surface area is 84.1 Å². The van der Waals surface area contributed by atoms with Crippen LogP contribution in [0.5, 0.6) is 0 Å². The molecule has 2 N–H and O–H groups in total. The number of rotatable bonds is 4. The van der Waals surface area contributed by atoms with Crippen molar-refractivity contribution < 1.29 is 14.3 Å². The molecule has 2 unspecified atom stereocenters. The van der Waals surface area contributed by atoms with E-state index in [2.05, 4.69) is 0 Å². The van der Waals surface area contributed by atoms with Gasteiger partial charge in [-0.3, -0.25) is 10.5 Å². The fourth-order valence-corrected chi connectivity index (χ4v) is 1.81. The Bertz CT molecular complexity index is 248. The van der Waals surface area contributed by atoms with Crippen molar-refractivity contribution in [2.24, 2.45) is 23.0 Å². The van der Waals surface area contributed by atoms with Gasteiger partial charge in [-0.05, 0) is 17.4 Å². The summed E-state index contributed by atoms with van der Waals surface area (Å²) in [5.41, 5.74) is 5.13. The van der Waals surface area contributed by atoms with Gasteiger partial charge in [-0.1, -0.05) is 13.8 Å². The molecule has 1 aliphatic carbocycles. The van der Waals surface area contributed by atoms with Crippen molar-refractivity contribution in [1.29, 1.82) is 0 Å². The second-order valence-corrected chi connectivity index (χ2v) is 4.01. The fourth-order valence-electron chi connectivity index (χ4n) is 1.81. The highest BCUT2D eigenvalue weighted by Gasteiger charge is 2.61. The molecule has 0 aliphatic heterocycles. The van der Waals surface area contributed by atoms with Gasteiger partial charge in [0.2, 0.25) is 0 Å². The van der Waals surface area contributed by atoms with Gasteiger partial charge < -0.3 is 9.47 Å². The van der Waals surface area contributed by atoms with E-state index in [-0.39, 0.29) is 30.0 Å². The van der Waals surface area contributed by atoms with Crippen LogP contribution in [0.1, 0.15) is 13.8 Å². The summed E-state index contributed by atoms with van der Waals surface area (Å²) in [6.07, 6.45) is 3.42. The SMILES string of the molecule is COC(=O)C1C(C=COCN)C1(C)C. The molecule has 80 valence electrons. The fraction of sp³-hybridized carbons (Fsp3) is 0.700. The molecule has 2 atom stereocenters. The van der Waals surface area contributed by atoms with Crippen LogP contribution in [-0.4, -0.2) is 19.8 Å². The standard InChI is InChI=1S/C10H17NO3/c1-10(2)7(4-5-14-6-11)8(10)9(12)13-3/h4-5,7-8H,6,11H2,1-3H3. The first-order valence-corrected chi connectivity index (χ1v) is 4.62. The van der Waals surface area contributed by atoms with Crippen LogP contribution in [0.3, 0.4) is 0 Å². The van der Waals surface area contributed by atoms with Gasteiger partial charge >= 0.3 is 5.97 Å². The smallest absolute Gasteiger partial charge is 0.309 e. The lowest BCUT2D eigenvalue weighted by atomic mass is 10.1. The van der Waals surface area contributed by atoms with E-state index in [0.717, 1.165) is 0 Å². The summed E-state index contributed by atoms with van der Waals surface area (Å²) in [6, 6.07) is 0. The van der Waals surface area contributed by atoms with E-state index in [1.54, 1.807) is 6.26 Å². The van der Waals surface area contributed by atoms with Gasteiger partial charge in [0, 0.05) is 0 Å². The lowest BCUT2D eigenvalue weighted by Gasteiger charge is -1.99. The number of carbonyl (C=O) groups is 1. The summed E-state index contributed by atoms with van der Waals surface area (Å²) in [4.78, 5) is 11.3. The minimum atomic E-state index is -0.155. The predicted molar refractivity (Wildman–Crippen MR) is 52.1 cm³/mol. The van der Waals surface area contributed by atoms with Gasteiger partial charge in [0.1, 0.15) is 6.73 Å². The number of allylic oxidation sites excluding steroid dienone is 1. The monoisotopic (exact) mass is 199 g/mol. The lowest BCUT2D eigenvalue weighted by molar-refractivity contribution is -0.143. The molecule has 1 saturated carbocycles. The molecule has 0 aromatic carbocycles. The van der Waals surface area contributed by atoms with E-state index in [1.807, 2.05) is 19.9 Å². The highest BCUT2D eigenvalue weighted by Crippen LogP contribution is 2.59. The second-order valence-electron chi connectivity index (χ2n) is 4.01. The van der Waals surface area contributed by atoms with Gasteiger partial charge in [-0.25, -0.2) is 0 Å². The molecule has 14 heavy (non-hydrogen) atoms. The average molecular weight is 199 g/mol. The first-order valence-electron chi connectivity index (χ1n) is 4.62. The zero-order chi connectivity index (χ0) is 10.8. The van der Waals surface area contributed by atoms with Crippen molar-refractivity contribution in [2.75, 3.05) is 13.8 Å². The number of methoxy groups -OCH3 is 1. The molecule has 1 aliphatic rings. The molecule has 0 heterocycles. The summed E-state index contributed by atoms with van der Waals surface area (Å²) < 4.78 is 9.59. The highest BCUT2D eigenvalue weighted by atomic mass is 16.5. The van der Waals surface area contributed by atoms with E-state index in [9.17, 15) is 4.79 Å². The van der Waals surface area contributed by atoms with E-state index in [4.69, 9.17) is 15.2 Å². The summed E-state index contributed by atoms with van der Waals surface area (Å²) >= 11 is 0. The van der Waals surface area contributed by atoms with Crippen LogP contribution >= 0.6 is 0 Å². The number of carbonyl (C=O) groups excluding carboxylic acids is 1. The van der Waals surface area contributed by atoms with Crippen LogP contribution in [-0.2, 0) is 14.3 Å². The second kappa shape index (κ2) is 4.00. The van der Waals surface area contributed by atoms with E-state index in [0.29, 0.717) is 0 Å². The van der Waals surface area contributed by atoms with Crippen molar-refractivity contribution in [1.82, 2.24) is 0 Å². The normalized spacial score (nSPS) is 28.9. The minimum absolute atomic E-state index is 0.0262. The van der Waals surface area contributed by atoms with E-state index >= 15 is 0 Å². The third kappa shape index (κ3) is 1.90. The van der Waals surface area contributed by atoms with Gasteiger partial charge in [0.05, 0.1) is 19.3 Å². The molecule has 4 nitrogen and oxygen atoms in total. The quantitative estimate of drug-likeness (QED) is 0.415. The van der Waals surface area contributed by atoms with Gasteiger partial charge in [0.25, 0.3) is 0 Å². The number of nitrogens with two attached hydrogens (primary N) is 1. The summed E-state index contributed by atoms with van der Waals surface area (Å²) in [5, 5.41) is 0. The lowest BCUT2D eigenvalue weighted by Crippen LogP contribution is -2.07. The number of ether oxygens (including phenoxy) is 2. The molecule has 0 amide bonds. The third-order valence-electron chi connectivity index (χ3n) is 2.84. The molecule has 0 bridgehead atoms. The molecule has 0 spiro atoms. The Morgan fingerprint density at radius 3 is 2.71 bits per heavy atom. The van der Waals surface area contributed by atoms with Crippen LogP contribution in [0.15, 0.2) is 12.3 Å². The molecule has 0 radical (unpaired) electrons. The third-order valence-corrected chi connectivity index (χ3v) is 2.84. The molecule has 0 saturated heterocycles. The largest absolute Gasteiger partial charge is 0.487 e. The summed E-state index contributed by atoms with van der Waals surface area (Å²) in [5.74, 6) is -0.0102. The van der Waals surface area contributed by atoms with Gasteiger partial charge in [0.15, 0.2) is 0 Å². The van der Waals surface area contributed by atoms with E-state index in [1.165, 1.54) is 7.11 Å². The predicted octanol–water partition coefficient (Wildman–Crippen LogP) is 0.878. The molecule has 1 rings (SSSR count). The van der Waals surface area contributed by atoms with Crippen molar-refractivity contribution in [2.45, 2.75) is 13.8 Å². The molecule has 0 aromatic heterocycles. The Morgan fingerprint density at radius 2 is 2.21 bits per heavy atom. The average Bonchev–Trinajstić information content (AvgIpc) is 2.68. The maximum atomic E-state index is 11.3. The van der Waals surface area contributed by atoms with Crippen LogP contribution in [0.25, 0.3) is 0 Å². The van der Waals surface area contributed by atoms with Crippen molar-refractivity contribution in [3.8, 4) is 0 Å². The maximum Gasteiger partial charge on any atom is 0.309 e. The first kappa shape index (κ1) is 11.0. The van der Waals surface area contributed by atoms with Crippen molar-refractivity contribution >= 4 is 5.97 Å². The zero-order valence-corrected chi connectivity index (χ0v) is 8.82. The Morgan fingerprint density at radius 1 is 1.57 bits per heavy atom. The minimum Gasteiger partial charge on any atom is -0.487 e. The Kier molecular flexibility index (Phi) is 3.16. The van der Waals surface area contributed by atoms with Crippen molar-refractivity contribution in [3.63, 3.8) is 0 Å². The Hall–Kier alpha value is -1.03. The van der Waals surface area contributed by atoms with Crippen LogP contribution in [0.2, 0.25) is 0 Å². The maximum absolute atomic E-state index is 11.3. The number of hydrogen-bond donors (Lipinski definition) is 1. The van der Waals surface area contributed by atoms with Crippen LogP contribution < -0.4 is 5.73 Å².